The number of aliphatic carboxylic acids is 2. The molecule has 47 heavy (non-hydrogen) atoms. The molecule has 0 saturated carbocycles. The van der Waals surface area contributed by atoms with Gasteiger partial charge in [-0.05, 0) is 35.1 Å². The van der Waals surface area contributed by atoms with E-state index in [1.165, 1.54) is 5.56 Å². The van der Waals surface area contributed by atoms with Crippen LogP contribution in [0.25, 0.3) is 11.1 Å². The minimum atomic E-state index is -1.10. The molecule has 1 amide bonds. The summed E-state index contributed by atoms with van der Waals surface area (Å²) in [6, 6.07) is 25.7. The summed E-state index contributed by atoms with van der Waals surface area (Å²) < 4.78 is 2.00. The quantitative estimate of drug-likeness (QED) is 0.124. The predicted molar refractivity (Wildman–Crippen MR) is 167 cm³/mol. The lowest BCUT2D eigenvalue weighted by Gasteiger charge is -2.55. The Morgan fingerprint density at radius 2 is 1.06 bits per heavy atom. The number of piperazine rings is 3. The molecule has 3 aromatic rings. The van der Waals surface area contributed by atoms with E-state index in [4.69, 9.17) is 0 Å². The molecule has 2 atom stereocenters. The largest absolute Gasteiger partial charge is 1.00 e. The molecule has 3 aliphatic heterocycles. The van der Waals surface area contributed by atoms with Crippen LogP contribution in [0.5, 0.6) is 0 Å². The zero-order valence-corrected chi connectivity index (χ0v) is 28.8. The Hall–Kier alpha value is -3.18. The van der Waals surface area contributed by atoms with Crippen molar-refractivity contribution in [1.82, 2.24) is 5.32 Å². The maximum atomic E-state index is 12.4. The minimum Gasteiger partial charge on any atom is -1.00 e. The smallest absolute Gasteiger partial charge is 0.307 e. The molecule has 0 unspecified atom stereocenters. The highest BCUT2D eigenvalue weighted by atomic mass is 35.5. The molecule has 0 aromatic heterocycles. The highest BCUT2D eigenvalue weighted by Gasteiger charge is 2.49. The van der Waals surface area contributed by atoms with Gasteiger partial charge >= 0.3 is 11.9 Å². The van der Waals surface area contributed by atoms with Crippen molar-refractivity contribution in [2.75, 3.05) is 58.9 Å². The molecule has 3 fully saturated rings. The van der Waals surface area contributed by atoms with Crippen molar-refractivity contribution in [3.63, 3.8) is 0 Å². The number of rotatable bonds is 14. The number of hydrogen-bond acceptors (Lipinski definition) is 3. The van der Waals surface area contributed by atoms with Gasteiger partial charge in [-0.3, -0.25) is 14.4 Å². The van der Waals surface area contributed by atoms with Gasteiger partial charge in [0.2, 0.25) is 0 Å². The highest BCUT2D eigenvalue weighted by Crippen LogP contribution is 2.30. The van der Waals surface area contributed by atoms with Gasteiger partial charge < -0.3 is 67.5 Å². The summed E-state index contributed by atoms with van der Waals surface area (Å²) in [6.45, 7) is 9.36. The van der Waals surface area contributed by atoms with Gasteiger partial charge in [-0.15, -0.1) is 0 Å². The third-order valence-corrected chi connectivity index (χ3v) is 9.76. The number of carbonyl (C=O) groups is 3. The second kappa shape index (κ2) is 17.8. The van der Waals surface area contributed by atoms with Crippen LogP contribution >= 0.6 is 0 Å². The lowest BCUT2D eigenvalue weighted by molar-refractivity contribution is -1.08. The van der Waals surface area contributed by atoms with Crippen LogP contribution in [0.3, 0.4) is 0 Å². The SMILES string of the molecule is [Cl-].[Cl-].[Cl-].[NH3+]CCNC(=O)C[N+]12CC[N+](Cc3ccc(-c4ccc(C[C@H](C(=O)O)[C@H](Cc5ccccc5)C(=O)O)cc4)cc3)(CC1)CC2. The average molecular weight is 708 g/mol. The van der Waals surface area contributed by atoms with Crippen LogP contribution < -0.4 is 48.3 Å². The summed E-state index contributed by atoms with van der Waals surface area (Å²) in [7, 11) is 0. The standard InChI is InChI=1S/C35H42N4O5.3ClH/c36-14-15-37-33(40)25-39-19-16-38(17-20-39,18-21-39)24-28-8-12-30(13-9-28)29-10-6-27(7-11-29)23-32(35(43)44)31(34(41)42)22-26-4-2-1-3-5-26;;;/h1-13,31-32H,14-25,36H2,(H-2,37,40,41,42,43,44);3*1H/t31-,32-,38?,39?;;;/m0.../s1. The molecular weight excluding hydrogens is 663 g/mol. The van der Waals surface area contributed by atoms with Crippen LogP contribution in [0.4, 0.5) is 0 Å². The highest BCUT2D eigenvalue weighted by molar-refractivity contribution is 5.80. The lowest BCUT2D eigenvalue weighted by Crippen LogP contribution is -3.00. The molecule has 3 saturated heterocycles. The molecule has 3 heterocycles. The van der Waals surface area contributed by atoms with E-state index in [2.05, 4.69) is 35.3 Å². The van der Waals surface area contributed by atoms with Crippen molar-refractivity contribution in [2.45, 2.75) is 19.4 Å². The Labute approximate surface area is 295 Å². The fourth-order valence-electron chi connectivity index (χ4n) is 6.95. The van der Waals surface area contributed by atoms with Crippen LogP contribution in [-0.2, 0) is 33.8 Å². The molecule has 9 nitrogen and oxygen atoms in total. The fraction of sp³-hybridized carbons (Fsp3) is 0.400. The maximum absolute atomic E-state index is 12.4. The molecule has 256 valence electrons. The van der Waals surface area contributed by atoms with Crippen LogP contribution in [0, 0.1) is 11.8 Å². The normalized spacial score (nSPS) is 20.8. The third-order valence-electron chi connectivity index (χ3n) is 9.76. The average Bonchev–Trinajstić information content (AvgIpc) is 3.03. The van der Waals surface area contributed by atoms with E-state index in [1.807, 2.05) is 54.6 Å². The van der Waals surface area contributed by atoms with Crippen molar-refractivity contribution in [2.24, 2.45) is 11.8 Å². The number of halogens is 3. The second-order valence-corrected chi connectivity index (χ2v) is 12.7. The first-order valence-corrected chi connectivity index (χ1v) is 15.6. The van der Waals surface area contributed by atoms with Gasteiger partial charge in [0.25, 0.3) is 5.91 Å². The molecule has 12 heteroatoms. The Morgan fingerprint density at radius 3 is 1.51 bits per heavy atom. The number of nitrogens with one attached hydrogen (secondary N) is 1. The number of carbonyl (C=O) groups excluding carboxylic acids is 1. The van der Waals surface area contributed by atoms with Crippen molar-refractivity contribution in [1.29, 1.82) is 0 Å². The van der Waals surface area contributed by atoms with Crippen molar-refractivity contribution < 1.29 is 76.5 Å². The molecule has 6 N–H and O–H groups in total. The first-order valence-electron chi connectivity index (χ1n) is 15.6. The minimum absolute atomic E-state index is 0. The second-order valence-electron chi connectivity index (χ2n) is 12.7. The van der Waals surface area contributed by atoms with Gasteiger partial charge in [0, 0.05) is 5.56 Å². The number of carboxylic acids is 2. The molecule has 6 rings (SSSR count). The van der Waals surface area contributed by atoms with E-state index in [9.17, 15) is 24.6 Å². The summed E-state index contributed by atoms with van der Waals surface area (Å²) >= 11 is 0. The molecule has 0 aliphatic carbocycles. The van der Waals surface area contributed by atoms with Crippen LogP contribution in [0.2, 0.25) is 0 Å². The van der Waals surface area contributed by atoms with E-state index < -0.39 is 23.8 Å². The van der Waals surface area contributed by atoms with Crippen molar-refractivity contribution in [3.8, 4) is 11.1 Å². The summed E-state index contributed by atoms with van der Waals surface area (Å²) in [5.41, 5.74) is 8.85. The third kappa shape index (κ3) is 10.2. The van der Waals surface area contributed by atoms with Gasteiger partial charge in [0.1, 0.15) is 45.8 Å². The molecule has 3 aromatic carbocycles. The zero-order valence-electron chi connectivity index (χ0n) is 26.5. The van der Waals surface area contributed by atoms with Crippen molar-refractivity contribution >= 4 is 17.8 Å². The van der Waals surface area contributed by atoms with Crippen LogP contribution in [0.15, 0.2) is 78.9 Å². The number of fused-ring (bicyclic) bond motifs is 3. The van der Waals surface area contributed by atoms with E-state index >= 15 is 0 Å². The Kier molecular flexibility index (Phi) is 15.2. The summed E-state index contributed by atoms with van der Waals surface area (Å²) in [4.78, 5) is 36.6. The summed E-state index contributed by atoms with van der Waals surface area (Å²) in [5.74, 6) is -4.10. The van der Waals surface area contributed by atoms with Gasteiger partial charge in [-0.25, -0.2) is 0 Å². The van der Waals surface area contributed by atoms with E-state index in [-0.39, 0.29) is 56.0 Å². The summed E-state index contributed by atoms with van der Waals surface area (Å²) in [5, 5.41) is 22.8. The monoisotopic (exact) mass is 706 g/mol. The number of hydrogen-bond donors (Lipinski definition) is 4. The number of quaternary nitrogens is 3. The van der Waals surface area contributed by atoms with Gasteiger partial charge in [-0.2, -0.15) is 0 Å². The number of carboxylic acid groups (broad SMARTS) is 2. The number of nitrogens with zero attached hydrogens (tertiary/aromatic N) is 2. The molecule has 2 bridgehead atoms. The van der Waals surface area contributed by atoms with Crippen LogP contribution in [0.1, 0.15) is 16.7 Å². The van der Waals surface area contributed by atoms with Crippen LogP contribution in [-0.4, -0.2) is 95.9 Å². The number of benzene rings is 3. The zero-order chi connectivity index (χ0) is 31.2. The Morgan fingerprint density at radius 1 is 0.638 bits per heavy atom. The van der Waals surface area contributed by atoms with Gasteiger partial charge in [0.15, 0.2) is 6.54 Å². The maximum Gasteiger partial charge on any atom is 0.307 e. The first-order chi connectivity index (χ1) is 21.2. The van der Waals surface area contributed by atoms with E-state index in [0.29, 0.717) is 19.6 Å². The van der Waals surface area contributed by atoms with E-state index in [1.54, 1.807) is 0 Å². The molecular formula is C35H45Cl3N4O5. The van der Waals surface area contributed by atoms with E-state index in [0.717, 1.165) is 77.0 Å². The Bertz CT molecular complexity index is 1430. The summed E-state index contributed by atoms with van der Waals surface area (Å²) in [6.07, 6.45) is 0.325. The van der Waals surface area contributed by atoms with Gasteiger partial charge in [0.05, 0.1) is 24.9 Å². The predicted octanol–water partition coefficient (Wildman–Crippen LogP) is -6.93. The number of amides is 1. The molecule has 0 radical (unpaired) electrons. The van der Waals surface area contributed by atoms with Crippen molar-refractivity contribution in [3.05, 3.63) is 95.6 Å². The fourth-order valence-corrected chi connectivity index (χ4v) is 6.95. The Balaban J connectivity index is 0.00000256. The topological polar surface area (TPSA) is 131 Å². The molecule has 0 spiro atoms. The first kappa shape index (κ1) is 40.0. The van der Waals surface area contributed by atoms with Gasteiger partial charge in [-0.1, -0.05) is 78.9 Å². The lowest BCUT2D eigenvalue weighted by atomic mass is 9.82. The molecule has 3 aliphatic rings.